The van der Waals surface area contributed by atoms with Gasteiger partial charge in [-0.2, -0.15) is 13.2 Å². The summed E-state index contributed by atoms with van der Waals surface area (Å²) in [5, 5.41) is 0. The Morgan fingerprint density at radius 3 is 2.52 bits per heavy atom. The third-order valence-corrected chi connectivity index (χ3v) is 5.61. The summed E-state index contributed by atoms with van der Waals surface area (Å²) in [5.41, 5.74) is -0.968. The highest BCUT2D eigenvalue weighted by Gasteiger charge is 2.29. The number of thioether (sulfide) groups is 1. The molecule has 0 aliphatic carbocycles. The Morgan fingerprint density at radius 1 is 1.15 bits per heavy atom. The summed E-state index contributed by atoms with van der Waals surface area (Å²) in [6, 6.07) is 8.26. The Bertz CT molecular complexity index is 928. The van der Waals surface area contributed by atoms with Gasteiger partial charge in [-0.15, -0.1) is 0 Å². The maximum absolute atomic E-state index is 12.5. The van der Waals surface area contributed by atoms with E-state index < -0.39 is 5.51 Å². The minimum absolute atomic E-state index is 0.108. The van der Waals surface area contributed by atoms with Crippen LogP contribution in [-0.4, -0.2) is 45.5 Å². The van der Waals surface area contributed by atoms with Crippen molar-refractivity contribution in [3.63, 3.8) is 0 Å². The number of likely N-dealkylation sites (tertiary alicyclic amines) is 1. The molecule has 0 atom stereocenters. The minimum Gasteiger partial charge on any atom is -0.352 e. The summed E-state index contributed by atoms with van der Waals surface area (Å²) in [4.78, 5) is 15.0. The monoisotopic (exact) mass is 392 g/mol. The Hall–Kier alpha value is -2.06. The van der Waals surface area contributed by atoms with Crippen LogP contribution in [0.3, 0.4) is 0 Å². The SMILES string of the molecule is CN1CCC(c2ncc3[nH]c(-c4ccc(SC(F)(F)F)cc4)cc3n2)CC1. The van der Waals surface area contributed by atoms with Crippen molar-refractivity contribution in [3.8, 4) is 11.3 Å². The molecule has 1 fully saturated rings. The second-order valence-corrected chi connectivity index (χ2v) is 8.00. The van der Waals surface area contributed by atoms with E-state index in [1.54, 1.807) is 18.3 Å². The van der Waals surface area contributed by atoms with Crippen molar-refractivity contribution in [2.45, 2.75) is 29.2 Å². The van der Waals surface area contributed by atoms with Crippen LogP contribution in [0.25, 0.3) is 22.3 Å². The zero-order chi connectivity index (χ0) is 19.0. The molecular weight excluding hydrogens is 373 g/mol. The van der Waals surface area contributed by atoms with Gasteiger partial charge in [0, 0.05) is 16.5 Å². The zero-order valence-corrected chi connectivity index (χ0v) is 15.6. The first-order valence-corrected chi connectivity index (χ1v) is 9.59. The molecule has 1 aliphatic rings. The Kier molecular flexibility index (Phi) is 4.86. The van der Waals surface area contributed by atoms with E-state index in [2.05, 4.69) is 21.9 Å². The second-order valence-electron chi connectivity index (χ2n) is 6.86. The number of nitrogens with one attached hydrogen (secondary N) is 1. The summed E-state index contributed by atoms with van der Waals surface area (Å²) in [6.45, 7) is 2.10. The Morgan fingerprint density at radius 2 is 1.85 bits per heavy atom. The van der Waals surface area contributed by atoms with Crippen LogP contribution < -0.4 is 0 Å². The molecule has 1 N–H and O–H groups in total. The third-order valence-electron chi connectivity index (χ3n) is 4.87. The van der Waals surface area contributed by atoms with Crippen molar-refractivity contribution in [1.29, 1.82) is 0 Å². The van der Waals surface area contributed by atoms with Crippen LogP contribution in [0.1, 0.15) is 24.6 Å². The molecule has 27 heavy (non-hydrogen) atoms. The number of piperidine rings is 1. The predicted molar refractivity (Wildman–Crippen MR) is 101 cm³/mol. The lowest BCUT2D eigenvalue weighted by atomic mass is 9.96. The maximum atomic E-state index is 12.5. The molecule has 0 unspecified atom stereocenters. The van der Waals surface area contributed by atoms with Crippen molar-refractivity contribution in [2.24, 2.45) is 0 Å². The quantitative estimate of drug-likeness (QED) is 0.634. The standard InChI is InChI=1S/C19H19F3N4S/c1-26-8-6-13(7-9-26)18-23-11-17-16(25-18)10-15(24-17)12-2-4-14(5-3-12)27-19(20,21)22/h2-5,10-11,13,24H,6-9H2,1H3. The van der Waals surface area contributed by atoms with Gasteiger partial charge in [0.1, 0.15) is 5.82 Å². The lowest BCUT2D eigenvalue weighted by molar-refractivity contribution is -0.0328. The summed E-state index contributed by atoms with van der Waals surface area (Å²) < 4.78 is 37.4. The highest BCUT2D eigenvalue weighted by molar-refractivity contribution is 8.00. The number of benzene rings is 1. The van der Waals surface area contributed by atoms with E-state index in [0.29, 0.717) is 5.92 Å². The zero-order valence-electron chi connectivity index (χ0n) is 14.8. The fourth-order valence-electron chi connectivity index (χ4n) is 3.39. The molecule has 0 bridgehead atoms. The normalized spacial score (nSPS) is 16.9. The molecule has 1 saturated heterocycles. The van der Waals surface area contributed by atoms with Gasteiger partial charge in [-0.25, -0.2) is 9.97 Å². The van der Waals surface area contributed by atoms with Gasteiger partial charge in [-0.1, -0.05) is 12.1 Å². The van der Waals surface area contributed by atoms with Crippen molar-refractivity contribution < 1.29 is 13.2 Å². The van der Waals surface area contributed by atoms with Crippen LogP contribution in [-0.2, 0) is 0 Å². The van der Waals surface area contributed by atoms with Gasteiger partial charge in [0.15, 0.2) is 0 Å². The highest BCUT2D eigenvalue weighted by Crippen LogP contribution is 2.37. The van der Waals surface area contributed by atoms with Crippen molar-refractivity contribution in [3.05, 3.63) is 42.4 Å². The first-order valence-electron chi connectivity index (χ1n) is 8.78. The van der Waals surface area contributed by atoms with Crippen LogP contribution >= 0.6 is 11.8 Å². The Labute approximate surface area is 159 Å². The van der Waals surface area contributed by atoms with Crippen molar-refractivity contribution in [1.82, 2.24) is 19.9 Å². The number of hydrogen-bond acceptors (Lipinski definition) is 4. The number of rotatable bonds is 3. The van der Waals surface area contributed by atoms with Gasteiger partial charge in [-0.05, 0) is 68.5 Å². The number of fused-ring (bicyclic) bond motifs is 1. The lowest BCUT2D eigenvalue weighted by Crippen LogP contribution is -2.29. The molecule has 0 spiro atoms. The largest absolute Gasteiger partial charge is 0.446 e. The number of alkyl halides is 3. The summed E-state index contributed by atoms with van der Waals surface area (Å²) in [6.07, 6.45) is 3.91. The number of hydrogen-bond donors (Lipinski definition) is 1. The van der Waals surface area contributed by atoms with E-state index in [1.807, 2.05) is 6.07 Å². The minimum atomic E-state index is -4.28. The fraction of sp³-hybridized carbons (Fsp3) is 0.368. The molecule has 4 nitrogen and oxygen atoms in total. The molecule has 2 aromatic heterocycles. The van der Waals surface area contributed by atoms with E-state index in [0.717, 1.165) is 54.0 Å². The third kappa shape index (κ3) is 4.27. The molecule has 0 amide bonds. The highest BCUT2D eigenvalue weighted by atomic mass is 32.2. The van der Waals surface area contributed by atoms with Gasteiger partial charge in [-0.3, -0.25) is 0 Å². The van der Waals surface area contributed by atoms with E-state index in [4.69, 9.17) is 4.98 Å². The molecule has 1 aliphatic heterocycles. The summed E-state index contributed by atoms with van der Waals surface area (Å²) in [7, 11) is 2.12. The lowest BCUT2D eigenvalue weighted by Gasteiger charge is -2.27. The van der Waals surface area contributed by atoms with Gasteiger partial charge >= 0.3 is 5.51 Å². The molecule has 0 radical (unpaired) electrons. The summed E-state index contributed by atoms with van der Waals surface area (Å²) in [5.74, 6) is 1.25. The average molecular weight is 392 g/mol. The van der Waals surface area contributed by atoms with E-state index >= 15 is 0 Å². The first-order chi connectivity index (χ1) is 12.9. The van der Waals surface area contributed by atoms with Crippen LogP contribution in [0, 0.1) is 0 Å². The summed E-state index contributed by atoms with van der Waals surface area (Å²) >= 11 is -0.108. The number of aromatic amines is 1. The number of H-pyrrole nitrogens is 1. The smallest absolute Gasteiger partial charge is 0.352 e. The fourth-order valence-corrected chi connectivity index (χ4v) is 3.93. The van der Waals surface area contributed by atoms with Gasteiger partial charge in [0.2, 0.25) is 0 Å². The molecule has 1 aromatic carbocycles. The molecular formula is C19H19F3N4S. The topological polar surface area (TPSA) is 44.8 Å². The predicted octanol–water partition coefficient (Wildman–Crippen LogP) is 5.05. The van der Waals surface area contributed by atoms with E-state index in [-0.39, 0.29) is 16.7 Å². The second kappa shape index (κ2) is 7.16. The van der Waals surface area contributed by atoms with Crippen LogP contribution in [0.2, 0.25) is 0 Å². The van der Waals surface area contributed by atoms with E-state index in [9.17, 15) is 13.2 Å². The van der Waals surface area contributed by atoms with Gasteiger partial charge in [0.25, 0.3) is 0 Å². The molecule has 3 aromatic rings. The first kappa shape index (κ1) is 18.3. The van der Waals surface area contributed by atoms with Crippen molar-refractivity contribution >= 4 is 22.8 Å². The van der Waals surface area contributed by atoms with Crippen LogP contribution in [0.15, 0.2) is 41.4 Å². The molecule has 3 heterocycles. The molecule has 0 saturated carbocycles. The molecule has 8 heteroatoms. The van der Waals surface area contributed by atoms with Crippen LogP contribution in [0.5, 0.6) is 0 Å². The maximum Gasteiger partial charge on any atom is 0.446 e. The van der Waals surface area contributed by atoms with Gasteiger partial charge < -0.3 is 9.88 Å². The molecule has 4 rings (SSSR count). The number of nitrogens with zero attached hydrogens (tertiary/aromatic N) is 3. The number of halogens is 3. The van der Waals surface area contributed by atoms with Crippen molar-refractivity contribution in [2.75, 3.05) is 20.1 Å². The number of aromatic nitrogens is 3. The molecule has 142 valence electrons. The Balaban J connectivity index is 1.56. The van der Waals surface area contributed by atoms with Gasteiger partial charge in [0.05, 0.1) is 17.2 Å². The van der Waals surface area contributed by atoms with Crippen LogP contribution in [0.4, 0.5) is 13.2 Å². The van der Waals surface area contributed by atoms with E-state index in [1.165, 1.54) is 12.1 Å². The average Bonchev–Trinajstić information content (AvgIpc) is 3.05.